The van der Waals surface area contributed by atoms with E-state index in [1.165, 1.54) is 0 Å². The zero-order valence-electron chi connectivity index (χ0n) is 22.8. The van der Waals surface area contributed by atoms with Crippen molar-refractivity contribution in [2.45, 2.75) is 105 Å². The van der Waals surface area contributed by atoms with E-state index in [-0.39, 0.29) is 91.6 Å². The van der Waals surface area contributed by atoms with Gasteiger partial charge in [-0.1, -0.05) is 52.0 Å². The molecule has 0 heterocycles. The van der Waals surface area contributed by atoms with Gasteiger partial charge in [0.05, 0.1) is 52.2 Å². The lowest BCUT2D eigenvalue weighted by Gasteiger charge is -2.19. The van der Waals surface area contributed by atoms with Crippen molar-refractivity contribution in [1.82, 2.24) is 10.6 Å². The van der Waals surface area contributed by atoms with Crippen LogP contribution in [0.15, 0.2) is 0 Å². The molecule has 0 fully saturated rings. The highest BCUT2D eigenvalue weighted by Gasteiger charge is 2.16. The van der Waals surface area contributed by atoms with Gasteiger partial charge in [0.25, 0.3) is 10.1 Å². The number of hydrogen-bond donors (Lipinski definition) is 3. The molecule has 0 aromatic carbocycles. The quantitative estimate of drug-likeness (QED) is 0.128. The second-order valence-corrected chi connectivity index (χ2v) is 13.7. The molecule has 44 heavy (non-hydrogen) atoms. The molecular weight excluding hydrogens is 644 g/mol. The van der Waals surface area contributed by atoms with Crippen molar-refractivity contribution in [2.75, 3.05) is 65.2 Å². The van der Waals surface area contributed by atoms with E-state index in [1.807, 2.05) is 0 Å². The van der Waals surface area contributed by atoms with Crippen LogP contribution in [-0.4, -0.2) is 111 Å². The third-order valence-corrected chi connectivity index (χ3v) is 3.18. The topological polar surface area (TPSA) is 193 Å². The second-order valence-electron chi connectivity index (χ2n) is 9.01. The molecule has 0 radical (unpaired) electrons. The van der Waals surface area contributed by atoms with Gasteiger partial charge in [-0.2, -0.15) is 8.42 Å². The average molecular weight is 715 g/mol. The van der Waals surface area contributed by atoms with E-state index in [0.717, 1.165) is 12.5 Å². The van der Waals surface area contributed by atoms with Crippen LogP contribution in [0, 0.1) is 0 Å². The number of alkyl carbamates (subject to hydrolysis) is 2. The summed E-state index contributed by atoms with van der Waals surface area (Å²) in [6.07, 6.45) is 0.926. The first-order valence-electron chi connectivity index (χ1n) is 11.0. The molecule has 0 saturated carbocycles. The number of amides is 2. The van der Waals surface area contributed by atoms with E-state index in [1.54, 1.807) is 41.5 Å². The summed E-state index contributed by atoms with van der Waals surface area (Å²) < 4.78 is 64.4. The SMILES string of the molecule is C.C.C.C.C.C.C.CC(C)(C)OC(=O)NCCOCCO.CC(C)(C)OC(=O)NCCOCCOS(C)(=O)=O.CS(=O)(=O)Cl. The van der Waals surface area contributed by atoms with Crippen LogP contribution in [0.1, 0.15) is 93.5 Å². The third-order valence-electron chi connectivity index (χ3n) is 2.59. The number of ether oxygens (including phenoxy) is 4. The minimum atomic E-state index is -3.42. The van der Waals surface area contributed by atoms with Crippen LogP contribution in [0.3, 0.4) is 0 Å². The van der Waals surface area contributed by atoms with Gasteiger partial charge in [0.2, 0.25) is 9.05 Å². The fourth-order valence-electron chi connectivity index (χ4n) is 1.59. The maximum absolute atomic E-state index is 11.2. The summed E-state index contributed by atoms with van der Waals surface area (Å²) in [4.78, 5) is 22.2. The van der Waals surface area contributed by atoms with Crippen LogP contribution in [0.25, 0.3) is 0 Å². The van der Waals surface area contributed by atoms with E-state index < -0.39 is 42.6 Å². The minimum Gasteiger partial charge on any atom is -0.444 e. The first-order chi connectivity index (χ1) is 16.6. The van der Waals surface area contributed by atoms with E-state index >= 15 is 0 Å². The highest BCUT2D eigenvalue weighted by molar-refractivity contribution is 8.13. The third kappa shape index (κ3) is 90.0. The van der Waals surface area contributed by atoms with Gasteiger partial charge in [0, 0.05) is 23.8 Å². The first-order valence-corrected chi connectivity index (χ1v) is 15.5. The predicted molar refractivity (Wildman–Crippen MR) is 186 cm³/mol. The van der Waals surface area contributed by atoms with Gasteiger partial charge in [-0.25, -0.2) is 18.0 Å². The normalized spacial score (nSPS) is 9.86. The van der Waals surface area contributed by atoms with Crippen LogP contribution >= 0.6 is 10.7 Å². The Kier molecular flexibility index (Phi) is 56.8. The van der Waals surface area contributed by atoms with Crippen molar-refractivity contribution < 1.29 is 54.7 Å². The largest absolute Gasteiger partial charge is 0.444 e. The number of carbonyl (C=O) groups excluding carboxylic acids is 2. The Morgan fingerprint density at radius 2 is 0.932 bits per heavy atom. The van der Waals surface area contributed by atoms with Gasteiger partial charge < -0.3 is 34.7 Å². The Bertz CT molecular complexity index is 821. The van der Waals surface area contributed by atoms with E-state index in [2.05, 4.69) is 25.5 Å². The summed E-state index contributed by atoms with van der Waals surface area (Å²) in [5.41, 5.74) is -1.01. The van der Waals surface area contributed by atoms with Gasteiger partial charge >= 0.3 is 12.2 Å². The van der Waals surface area contributed by atoms with Gasteiger partial charge in [0.1, 0.15) is 11.2 Å². The molecule has 0 atom stereocenters. The molecule has 0 aliphatic heterocycles. The number of carbonyl (C=O) groups is 2. The fourth-order valence-corrected chi connectivity index (χ4v) is 1.96. The molecule has 14 nitrogen and oxygen atoms in total. The zero-order valence-corrected chi connectivity index (χ0v) is 25.2. The molecule has 0 rings (SSSR count). The minimum absolute atomic E-state index is 0. The molecule has 2 amide bonds. The Morgan fingerprint density at radius 3 is 1.18 bits per heavy atom. The zero-order chi connectivity index (χ0) is 29.8. The number of aliphatic hydroxyl groups is 1. The molecule has 0 aliphatic rings. The Morgan fingerprint density at radius 1 is 0.636 bits per heavy atom. The molecular formula is C27H71ClN2O12S2. The number of aliphatic hydroxyl groups excluding tert-OH is 1. The Labute approximate surface area is 276 Å². The summed E-state index contributed by atoms with van der Waals surface area (Å²) in [7, 11) is -2.11. The lowest BCUT2D eigenvalue weighted by molar-refractivity contribution is 0.0476. The lowest BCUT2D eigenvalue weighted by atomic mass is 10.2. The van der Waals surface area contributed by atoms with Crippen LogP contribution < -0.4 is 10.6 Å². The monoisotopic (exact) mass is 714 g/mol. The average Bonchev–Trinajstić information content (AvgIpc) is 2.62. The van der Waals surface area contributed by atoms with E-state index in [4.69, 9.17) is 24.1 Å². The lowest BCUT2D eigenvalue weighted by Crippen LogP contribution is -2.34. The van der Waals surface area contributed by atoms with Gasteiger partial charge in [0.15, 0.2) is 0 Å². The second kappa shape index (κ2) is 36.0. The molecule has 0 aromatic rings. The fraction of sp³-hybridized carbons (Fsp3) is 0.926. The van der Waals surface area contributed by atoms with Crippen LogP contribution in [0.5, 0.6) is 0 Å². The number of nitrogens with one attached hydrogen (secondary N) is 2. The molecule has 17 heteroatoms. The number of rotatable bonds is 12. The smallest absolute Gasteiger partial charge is 0.407 e. The summed E-state index contributed by atoms with van der Waals surface area (Å²) in [5, 5.41) is 13.4. The first kappa shape index (κ1) is 69.3. The Balaban J connectivity index is -0.0000000506. The number of hydrogen-bond acceptors (Lipinski definition) is 12. The summed E-state index contributed by atoms with van der Waals surface area (Å²) in [5.74, 6) is 0. The number of halogens is 1. The van der Waals surface area contributed by atoms with Crippen molar-refractivity contribution in [3.05, 3.63) is 0 Å². The molecule has 0 spiro atoms. The molecule has 3 N–H and O–H groups in total. The van der Waals surface area contributed by atoms with Gasteiger partial charge in [-0.3, -0.25) is 4.18 Å². The highest BCUT2D eigenvalue weighted by atomic mass is 35.7. The van der Waals surface area contributed by atoms with Crippen molar-refractivity contribution >= 4 is 42.0 Å². The van der Waals surface area contributed by atoms with Crippen LogP contribution in [-0.2, 0) is 42.3 Å². The van der Waals surface area contributed by atoms with Crippen molar-refractivity contribution in [1.29, 1.82) is 0 Å². The summed E-state index contributed by atoms with van der Waals surface area (Å²) in [6.45, 7) is 12.4. The van der Waals surface area contributed by atoms with Gasteiger partial charge in [-0.15, -0.1) is 0 Å². The summed E-state index contributed by atoms with van der Waals surface area (Å²) in [6, 6.07) is 0. The van der Waals surface area contributed by atoms with Crippen molar-refractivity contribution in [3.8, 4) is 0 Å². The van der Waals surface area contributed by atoms with Crippen molar-refractivity contribution in [2.24, 2.45) is 0 Å². The maximum atomic E-state index is 11.2. The molecule has 0 aromatic heterocycles. The standard InChI is InChI=1S/C10H21NO6S.C9H19NO4.CH3ClO2S.7CH4/c1-10(2,3)17-9(12)11-5-6-15-7-8-16-18(4,13)14;1-9(2,3)14-8(12)10-4-6-13-7-5-11;1-5(2,3)4;;;;;;;/h5-8H2,1-4H3,(H,11,12);11H,4-7H2,1-3H3,(H,10,12);1H3;7*1H4. The van der Waals surface area contributed by atoms with E-state index in [0.29, 0.717) is 13.2 Å². The van der Waals surface area contributed by atoms with Crippen LogP contribution in [0.2, 0.25) is 0 Å². The Hall–Kier alpha value is -1.43. The van der Waals surface area contributed by atoms with E-state index in [9.17, 15) is 26.4 Å². The predicted octanol–water partition coefficient (Wildman–Crippen LogP) is 5.66. The van der Waals surface area contributed by atoms with Gasteiger partial charge in [-0.05, 0) is 41.5 Å². The summed E-state index contributed by atoms with van der Waals surface area (Å²) >= 11 is 0. The molecule has 0 aliphatic carbocycles. The maximum Gasteiger partial charge on any atom is 0.407 e. The molecule has 0 unspecified atom stereocenters. The van der Waals surface area contributed by atoms with Crippen molar-refractivity contribution in [3.63, 3.8) is 0 Å². The molecule has 0 bridgehead atoms. The molecule has 0 saturated heterocycles. The highest BCUT2D eigenvalue weighted by Crippen LogP contribution is 2.06. The molecule has 280 valence electrons. The van der Waals surface area contributed by atoms with Crippen LogP contribution in [0.4, 0.5) is 9.59 Å².